The monoisotopic (exact) mass is 252 g/mol. The molecule has 0 aliphatic rings. The molecule has 4 N–H and O–H groups in total. The zero-order valence-electron chi connectivity index (χ0n) is 11.4. The molecule has 100 valence electrons. The summed E-state index contributed by atoms with van der Waals surface area (Å²) in [5.74, 6) is 7.11. The van der Waals surface area contributed by atoms with Crippen molar-refractivity contribution < 1.29 is 4.79 Å². The predicted octanol–water partition coefficient (Wildman–Crippen LogP) is 0.268. The number of hydrazine groups is 1. The Balaban J connectivity index is 2.97. The Morgan fingerprint density at radius 2 is 1.83 bits per heavy atom. The van der Waals surface area contributed by atoms with Crippen molar-refractivity contribution in [3.8, 4) is 0 Å². The molecule has 0 bridgehead atoms. The summed E-state index contributed by atoms with van der Waals surface area (Å²) < 4.78 is 0. The van der Waals surface area contributed by atoms with Crippen LogP contribution < -0.4 is 16.6 Å². The lowest BCUT2D eigenvalue weighted by molar-refractivity contribution is -0.129. The number of nitrogen functional groups attached to an aromatic ring is 1. The van der Waals surface area contributed by atoms with E-state index in [2.05, 4.69) is 20.7 Å². The first kappa shape index (κ1) is 14.2. The summed E-state index contributed by atoms with van der Waals surface area (Å²) in [6.45, 7) is 5.39. The molecule has 18 heavy (non-hydrogen) atoms. The molecule has 0 fully saturated rings. The molecule has 7 nitrogen and oxygen atoms in total. The number of aromatic nitrogens is 2. The van der Waals surface area contributed by atoms with Crippen molar-refractivity contribution in [2.45, 2.75) is 26.8 Å². The maximum Gasteiger partial charge on any atom is 0.244 e. The molecule has 0 aliphatic carbocycles. The largest absolute Gasteiger partial charge is 0.358 e. The fourth-order valence-electron chi connectivity index (χ4n) is 1.56. The van der Waals surface area contributed by atoms with Crippen LogP contribution in [0.4, 0.5) is 11.6 Å². The molecule has 0 spiro atoms. The lowest BCUT2D eigenvalue weighted by atomic mass is 10.2. The molecule has 0 radical (unpaired) electrons. The van der Waals surface area contributed by atoms with Gasteiger partial charge in [0.1, 0.15) is 23.5 Å². The van der Waals surface area contributed by atoms with E-state index in [1.54, 1.807) is 27.9 Å². The van der Waals surface area contributed by atoms with Crippen LogP contribution in [0.5, 0.6) is 0 Å². The van der Waals surface area contributed by atoms with Gasteiger partial charge in [-0.3, -0.25) is 4.79 Å². The Bertz CT molecular complexity index is 445. The van der Waals surface area contributed by atoms with Crippen molar-refractivity contribution in [1.82, 2.24) is 14.9 Å². The number of nitrogens with one attached hydrogen (secondary N) is 2. The summed E-state index contributed by atoms with van der Waals surface area (Å²) >= 11 is 0. The number of hydrogen-bond acceptors (Lipinski definition) is 6. The van der Waals surface area contributed by atoms with E-state index >= 15 is 0 Å². The maximum absolute atomic E-state index is 11.8. The van der Waals surface area contributed by atoms with Crippen LogP contribution in [0.3, 0.4) is 0 Å². The minimum absolute atomic E-state index is 0.0204. The summed E-state index contributed by atoms with van der Waals surface area (Å²) in [4.78, 5) is 21.7. The van der Waals surface area contributed by atoms with Gasteiger partial charge in [0.2, 0.25) is 5.91 Å². The third-order valence-electron chi connectivity index (χ3n) is 2.56. The van der Waals surface area contributed by atoms with E-state index in [0.717, 1.165) is 5.56 Å². The maximum atomic E-state index is 11.8. The van der Waals surface area contributed by atoms with Crippen LogP contribution in [-0.2, 0) is 4.79 Å². The van der Waals surface area contributed by atoms with Crippen LogP contribution in [0.15, 0.2) is 0 Å². The predicted molar refractivity (Wildman–Crippen MR) is 71.1 cm³/mol. The van der Waals surface area contributed by atoms with Gasteiger partial charge in [0, 0.05) is 19.7 Å². The molecule has 0 saturated carbocycles. The number of nitrogens with two attached hydrogens (primary N) is 1. The second-order valence-corrected chi connectivity index (χ2v) is 4.34. The highest BCUT2D eigenvalue weighted by molar-refractivity contribution is 5.84. The van der Waals surface area contributed by atoms with E-state index in [-0.39, 0.29) is 11.9 Å². The van der Waals surface area contributed by atoms with Crippen LogP contribution in [0.2, 0.25) is 0 Å². The number of hydrogen-bond donors (Lipinski definition) is 3. The first-order chi connectivity index (χ1) is 8.36. The fourth-order valence-corrected chi connectivity index (χ4v) is 1.56. The van der Waals surface area contributed by atoms with Gasteiger partial charge in [-0.25, -0.2) is 15.8 Å². The zero-order valence-corrected chi connectivity index (χ0v) is 11.4. The van der Waals surface area contributed by atoms with E-state index < -0.39 is 0 Å². The van der Waals surface area contributed by atoms with Crippen molar-refractivity contribution in [3.05, 3.63) is 11.4 Å². The number of anilines is 2. The molecule has 1 unspecified atom stereocenters. The first-order valence-corrected chi connectivity index (χ1v) is 5.66. The Hall–Kier alpha value is -1.89. The van der Waals surface area contributed by atoms with E-state index in [9.17, 15) is 4.79 Å². The number of likely N-dealkylation sites (N-methyl/N-ethyl adjacent to an activating group) is 1. The molecule has 1 amide bonds. The standard InChI is InChI=1S/C11H20N6O/c1-6-9(13-7(2)11(18)17(4)5)14-8(3)15-10(6)16-12/h7H,12H2,1-5H3,(H2,13,14,15,16). The summed E-state index contributed by atoms with van der Waals surface area (Å²) in [5.41, 5.74) is 3.29. The second kappa shape index (κ2) is 5.63. The van der Waals surface area contributed by atoms with Crippen molar-refractivity contribution >= 4 is 17.5 Å². The highest BCUT2D eigenvalue weighted by atomic mass is 16.2. The van der Waals surface area contributed by atoms with Gasteiger partial charge < -0.3 is 15.6 Å². The summed E-state index contributed by atoms with van der Waals surface area (Å²) in [5, 5.41) is 3.07. The highest BCUT2D eigenvalue weighted by Gasteiger charge is 2.17. The lowest BCUT2D eigenvalue weighted by Crippen LogP contribution is -2.37. The molecular weight excluding hydrogens is 232 g/mol. The van der Waals surface area contributed by atoms with Crippen molar-refractivity contribution in [3.63, 3.8) is 0 Å². The number of aryl methyl sites for hydroxylation is 1. The Kier molecular flexibility index (Phi) is 4.43. The van der Waals surface area contributed by atoms with E-state index in [1.165, 1.54) is 4.90 Å². The van der Waals surface area contributed by atoms with Crippen LogP contribution in [0.25, 0.3) is 0 Å². The summed E-state index contributed by atoms with van der Waals surface area (Å²) in [6.07, 6.45) is 0. The number of carbonyl (C=O) groups excluding carboxylic acids is 1. The Morgan fingerprint density at radius 1 is 1.28 bits per heavy atom. The van der Waals surface area contributed by atoms with Crippen molar-refractivity contribution in [2.24, 2.45) is 5.84 Å². The minimum atomic E-state index is -0.362. The fraction of sp³-hybridized carbons (Fsp3) is 0.545. The second-order valence-electron chi connectivity index (χ2n) is 4.34. The van der Waals surface area contributed by atoms with Crippen LogP contribution in [-0.4, -0.2) is 40.9 Å². The summed E-state index contributed by atoms with van der Waals surface area (Å²) in [7, 11) is 3.43. The summed E-state index contributed by atoms with van der Waals surface area (Å²) in [6, 6.07) is -0.362. The number of rotatable bonds is 4. The van der Waals surface area contributed by atoms with Gasteiger partial charge in [-0.05, 0) is 20.8 Å². The lowest BCUT2D eigenvalue weighted by Gasteiger charge is -2.20. The van der Waals surface area contributed by atoms with Gasteiger partial charge >= 0.3 is 0 Å². The molecule has 0 aromatic carbocycles. The number of carbonyl (C=O) groups is 1. The van der Waals surface area contributed by atoms with Gasteiger partial charge in [0.25, 0.3) is 0 Å². The average molecular weight is 252 g/mol. The molecular formula is C11H20N6O. The average Bonchev–Trinajstić information content (AvgIpc) is 2.31. The third-order valence-corrected chi connectivity index (χ3v) is 2.56. The zero-order chi connectivity index (χ0) is 13.9. The van der Waals surface area contributed by atoms with Gasteiger partial charge in [-0.15, -0.1) is 0 Å². The Morgan fingerprint density at radius 3 is 2.33 bits per heavy atom. The van der Waals surface area contributed by atoms with Gasteiger partial charge in [0.15, 0.2) is 0 Å². The SMILES string of the molecule is Cc1nc(NN)c(C)c(NC(C)C(=O)N(C)C)n1. The van der Waals surface area contributed by atoms with Crippen LogP contribution in [0, 0.1) is 13.8 Å². The quantitative estimate of drug-likeness (QED) is 0.526. The molecule has 1 aromatic rings. The van der Waals surface area contributed by atoms with E-state index in [1.807, 2.05) is 6.92 Å². The molecule has 1 rings (SSSR count). The molecule has 1 atom stereocenters. The minimum Gasteiger partial charge on any atom is -0.358 e. The highest BCUT2D eigenvalue weighted by Crippen LogP contribution is 2.19. The third kappa shape index (κ3) is 3.07. The number of amides is 1. The molecule has 1 heterocycles. The molecule has 1 aromatic heterocycles. The van der Waals surface area contributed by atoms with E-state index in [0.29, 0.717) is 17.5 Å². The number of nitrogens with zero attached hydrogens (tertiary/aromatic N) is 3. The van der Waals surface area contributed by atoms with Gasteiger partial charge in [0.05, 0.1) is 0 Å². The molecule has 7 heteroatoms. The normalized spacial score (nSPS) is 11.9. The van der Waals surface area contributed by atoms with Crippen LogP contribution in [0.1, 0.15) is 18.3 Å². The van der Waals surface area contributed by atoms with Crippen LogP contribution >= 0.6 is 0 Å². The topological polar surface area (TPSA) is 96.2 Å². The van der Waals surface area contributed by atoms with Gasteiger partial charge in [-0.2, -0.15) is 0 Å². The van der Waals surface area contributed by atoms with Gasteiger partial charge in [-0.1, -0.05) is 0 Å². The molecule has 0 saturated heterocycles. The molecule has 0 aliphatic heterocycles. The smallest absolute Gasteiger partial charge is 0.244 e. The van der Waals surface area contributed by atoms with E-state index in [4.69, 9.17) is 5.84 Å². The first-order valence-electron chi connectivity index (χ1n) is 5.66. The van der Waals surface area contributed by atoms with Crippen molar-refractivity contribution in [1.29, 1.82) is 0 Å². The van der Waals surface area contributed by atoms with Crippen molar-refractivity contribution in [2.75, 3.05) is 24.8 Å². The Labute approximate surface area is 107 Å².